The maximum absolute atomic E-state index is 12.6. The molecule has 0 saturated carbocycles. The van der Waals surface area contributed by atoms with Crippen molar-refractivity contribution in [2.45, 2.75) is 51.3 Å². The second kappa shape index (κ2) is 6.09. The molecule has 2 aromatic rings. The van der Waals surface area contributed by atoms with E-state index in [1.807, 2.05) is 24.3 Å². The number of likely N-dealkylation sites (tertiary alicyclic amines) is 1. The van der Waals surface area contributed by atoms with Crippen molar-refractivity contribution in [1.82, 2.24) is 14.0 Å². The summed E-state index contributed by atoms with van der Waals surface area (Å²) >= 11 is 0. The molecule has 1 atom stereocenters. The maximum atomic E-state index is 12.6. The van der Waals surface area contributed by atoms with Crippen molar-refractivity contribution in [2.75, 3.05) is 6.54 Å². The van der Waals surface area contributed by atoms with E-state index in [1.54, 1.807) is 34.9 Å². The molecule has 6 nitrogen and oxygen atoms in total. The first-order chi connectivity index (χ1) is 11.3. The Balaban J connectivity index is 1.78. The van der Waals surface area contributed by atoms with Gasteiger partial charge in [-0.05, 0) is 38.8 Å². The molecule has 1 aliphatic rings. The Morgan fingerprint density at radius 3 is 2.62 bits per heavy atom. The van der Waals surface area contributed by atoms with Gasteiger partial charge in [0, 0.05) is 26.6 Å². The number of nitrogens with zero attached hydrogens (tertiary/aromatic N) is 3. The van der Waals surface area contributed by atoms with Crippen LogP contribution in [0.1, 0.15) is 33.1 Å². The van der Waals surface area contributed by atoms with Crippen LogP contribution in [0.2, 0.25) is 0 Å². The molecule has 1 N–H and O–H groups in total. The van der Waals surface area contributed by atoms with E-state index >= 15 is 0 Å². The number of carbonyl (C=O) groups excluding carboxylic acids is 1. The molecular formula is C18H25N3O3. The molecule has 1 aromatic carbocycles. The summed E-state index contributed by atoms with van der Waals surface area (Å²) in [5.41, 5.74) is 0.704. The normalized spacial score (nSPS) is 18.5. The molecule has 2 heterocycles. The zero-order valence-electron chi connectivity index (χ0n) is 14.5. The maximum Gasteiger partial charge on any atom is 0.328 e. The van der Waals surface area contributed by atoms with E-state index in [9.17, 15) is 14.7 Å². The van der Waals surface area contributed by atoms with Gasteiger partial charge < -0.3 is 10.0 Å². The third-order valence-electron chi connectivity index (χ3n) is 4.99. The average Bonchev–Trinajstić information content (AvgIpc) is 3.11. The first-order valence-electron chi connectivity index (χ1n) is 8.47. The fourth-order valence-electron chi connectivity index (χ4n) is 3.73. The van der Waals surface area contributed by atoms with Gasteiger partial charge in [0.25, 0.3) is 0 Å². The SMILES string of the molecule is Cn1c(=O)n(CCC(=O)N2CCCC2C(C)(C)O)c2ccccc21. The fraction of sp³-hybridized carbons (Fsp3) is 0.556. The molecule has 0 bridgehead atoms. The standard InChI is InChI=1S/C18H25N3O3/c1-18(2,24)15-9-6-11-21(15)16(22)10-12-20-14-8-5-4-7-13(14)19(3)17(20)23/h4-5,7-8,15,24H,6,9-12H2,1-3H3. The van der Waals surface area contributed by atoms with Gasteiger partial charge in [0.05, 0.1) is 22.7 Å². The molecular weight excluding hydrogens is 306 g/mol. The Bertz CT molecular complexity index is 813. The fourth-order valence-corrected chi connectivity index (χ4v) is 3.73. The molecule has 0 spiro atoms. The lowest BCUT2D eigenvalue weighted by atomic mass is 9.96. The lowest BCUT2D eigenvalue weighted by Crippen LogP contribution is -2.48. The molecule has 1 saturated heterocycles. The van der Waals surface area contributed by atoms with E-state index in [-0.39, 0.29) is 24.1 Å². The average molecular weight is 331 g/mol. The number of aromatic nitrogens is 2. The molecule has 1 unspecified atom stereocenters. The summed E-state index contributed by atoms with van der Waals surface area (Å²) < 4.78 is 3.26. The number of amides is 1. The predicted molar refractivity (Wildman–Crippen MR) is 92.8 cm³/mol. The van der Waals surface area contributed by atoms with E-state index in [4.69, 9.17) is 0 Å². The minimum atomic E-state index is -0.900. The number of para-hydroxylation sites is 2. The van der Waals surface area contributed by atoms with E-state index in [0.717, 1.165) is 23.9 Å². The molecule has 6 heteroatoms. The van der Waals surface area contributed by atoms with Gasteiger partial charge in [-0.2, -0.15) is 0 Å². The summed E-state index contributed by atoms with van der Waals surface area (Å²) in [6, 6.07) is 7.45. The van der Waals surface area contributed by atoms with Crippen LogP contribution in [0.3, 0.4) is 0 Å². The van der Waals surface area contributed by atoms with Crippen molar-refractivity contribution in [3.05, 3.63) is 34.7 Å². The van der Waals surface area contributed by atoms with Crippen molar-refractivity contribution < 1.29 is 9.90 Å². The Morgan fingerprint density at radius 2 is 1.96 bits per heavy atom. The molecule has 1 amide bonds. The number of rotatable bonds is 4. The number of fused-ring (bicyclic) bond motifs is 1. The highest BCUT2D eigenvalue weighted by atomic mass is 16.3. The van der Waals surface area contributed by atoms with Crippen LogP contribution in [-0.2, 0) is 18.4 Å². The van der Waals surface area contributed by atoms with E-state index in [2.05, 4.69) is 0 Å². The van der Waals surface area contributed by atoms with Gasteiger partial charge in [-0.1, -0.05) is 12.1 Å². The lowest BCUT2D eigenvalue weighted by Gasteiger charge is -2.33. The molecule has 0 radical (unpaired) electrons. The molecule has 1 fully saturated rings. The third kappa shape index (κ3) is 2.86. The minimum absolute atomic E-state index is 0.000501. The van der Waals surface area contributed by atoms with Gasteiger partial charge in [0.1, 0.15) is 0 Å². The van der Waals surface area contributed by atoms with Crippen LogP contribution in [0.15, 0.2) is 29.1 Å². The summed E-state index contributed by atoms with van der Waals surface area (Å²) in [5, 5.41) is 10.3. The molecule has 3 rings (SSSR count). The summed E-state index contributed by atoms with van der Waals surface area (Å²) in [6.07, 6.45) is 2.00. The van der Waals surface area contributed by atoms with Crippen molar-refractivity contribution in [3.63, 3.8) is 0 Å². The Morgan fingerprint density at radius 1 is 1.29 bits per heavy atom. The highest BCUT2D eigenvalue weighted by Gasteiger charge is 2.38. The van der Waals surface area contributed by atoms with Crippen LogP contribution in [0.5, 0.6) is 0 Å². The number of aliphatic hydroxyl groups is 1. The number of carbonyl (C=O) groups is 1. The number of hydrogen-bond donors (Lipinski definition) is 1. The summed E-state index contributed by atoms with van der Waals surface area (Å²) in [4.78, 5) is 26.8. The van der Waals surface area contributed by atoms with Crippen LogP contribution in [0, 0.1) is 0 Å². The van der Waals surface area contributed by atoms with Gasteiger partial charge in [-0.3, -0.25) is 13.9 Å². The smallest absolute Gasteiger partial charge is 0.328 e. The second-order valence-corrected chi connectivity index (χ2v) is 7.13. The first kappa shape index (κ1) is 16.8. The monoisotopic (exact) mass is 331 g/mol. The van der Waals surface area contributed by atoms with Crippen LogP contribution in [-0.4, -0.2) is 43.2 Å². The summed E-state index contributed by atoms with van der Waals surface area (Å²) in [5.74, 6) is -0.000501. The summed E-state index contributed by atoms with van der Waals surface area (Å²) in [7, 11) is 1.74. The second-order valence-electron chi connectivity index (χ2n) is 7.13. The zero-order chi connectivity index (χ0) is 17.5. The largest absolute Gasteiger partial charge is 0.388 e. The highest BCUT2D eigenvalue weighted by Crippen LogP contribution is 2.27. The predicted octanol–water partition coefficient (Wildman–Crippen LogP) is 1.49. The number of imidazole rings is 1. The molecule has 0 aliphatic carbocycles. The van der Waals surface area contributed by atoms with Crippen molar-refractivity contribution >= 4 is 16.9 Å². The summed E-state index contributed by atoms with van der Waals surface area (Å²) in [6.45, 7) is 4.53. The first-order valence-corrected chi connectivity index (χ1v) is 8.47. The van der Waals surface area contributed by atoms with E-state index in [1.165, 1.54) is 0 Å². The number of benzene rings is 1. The number of aryl methyl sites for hydroxylation is 2. The van der Waals surface area contributed by atoms with Crippen LogP contribution < -0.4 is 5.69 Å². The lowest BCUT2D eigenvalue weighted by molar-refractivity contribution is -0.136. The molecule has 1 aliphatic heterocycles. The van der Waals surface area contributed by atoms with Crippen LogP contribution in [0.4, 0.5) is 0 Å². The van der Waals surface area contributed by atoms with Crippen molar-refractivity contribution in [1.29, 1.82) is 0 Å². The Labute approximate surface area is 141 Å². The van der Waals surface area contributed by atoms with E-state index < -0.39 is 5.60 Å². The van der Waals surface area contributed by atoms with Gasteiger partial charge in [-0.15, -0.1) is 0 Å². The zero-order valence-corrected chi connectivity index (χ0v) is 14.5. The number of hydrogen-bond acceptors (Lipinski definition) is 3. The quantitative estimate of drug-likeness (QED) is 0.923. The Kier molecular flexibility index (Phi) is 4.25. The van der Waals surface area contributed by atoms with E-state index in [0.29, 0.717) is 13.1 Å². The highest BCUT2D eigenvalue weighted by molar-refractivity contribution is 5.78. The van der Waals surface area contributed by atoms with Gasteiger partial charge >= 0.3 is 5.69 Å². The molecule has 24 heavy (non-hydrogen) atoms. The molecule has 1 aromatic heterocycles. The Hall–Kier alpha value is -2.08. The minimum Gasteiger partial charge on any atom is -0.388 e. The van der Waals surface area contributed by atoms with Gasteiger partial charge in [0.15, 0.2) is 0 Å². The van der Waals surface area contributed by atoms with Crippen LogP contribution in [0.25, 0.3) is 11.0 Å². The topological polar surface area (TPSA) is 67.5 Å². The van der Waals surface area contributed by atoms with Crippen molar-refractivity contribution in [2.24, 2.45) is 7.05 Å². The van der Waals surface area contributed by atoms with Crippen molar-refractivity contribution in [3.8, 4) is 0 Å². The van der Waals surface area contributed by atoms with Gasteiger partial charge in [0.2, 0.25) is 5.91 Å². The molecule has 130 valence electrons. The third-order valence-corrected chi connectivity index (χ3v) is 4.99. The van der Waals surface area contributed by atoms with Gasteiger partial charge in [-0.25, -0.2) is 4.79 Å². The van der Waals surface area contributed by atoms with Crippen LogP contribution >= 0.6 is 0 Å².